The second-order valence-corrected chi connectivity index (χ2v) is 19.1. The minimum absolute atomic E-state index is 0.660. The van der Waals surface area contributed by atoms with Crippen molar-refractivity contribution in [2.75, 3.05) is 13.1 Å². The van der Waals surface area contributed by atoms with Gasteiger partial charge in [-0.1, -0.05) is 0 Å². The SMILES string of the molecule is NCCCn1c[n+](CCCCn2c[n+](CCCCn3c[n+](CCCC[n+]4cc(Cl)n(CCCC[n+]5cc(Cl)n(CCCC[n+]6cc(Cl)n(CCCN)c6)c5)c4)cc3Cl)cc2Cl)cc1Cl. The molecule has 0 spiro atoms. The van der Waals surface area contributed by atoms with Crippen molar-refractivity contribution in [2.45, 2.75) is 156 Å². The molecule has 0 atom stereocenters. The molecular weight excluding hydrogens is 937 g/mol. The first-order chi connectivity index (χ1) is 31.1. The van der Waals surface area contributed by atoms with Gasteiger partial charge in [0.1, 0.15) is 37.2 Å². The summed E-state index contributed by atoms with van der Waals surface area (Å²) in [5, 5.41) is 4.57. The summed E-state index contributed by atoms with van der Waals surface area (Å²) < 4.78 is 25.7. The minimum atomic E-state index is 0.660. The molecule has 0 aliphatic carbocycles. The Kier molecular flexibility index (Phi) is 20.7. The highest BCUT2D eigenvalue weighted by molar-refractivity contribution is 6.30. The van der Waals surface area contributed by atoms with Crippen molar-refractivity contribution in [3.05, 3.63) is 106 Å². The normalized spacial score (nSPS) is 11.8. The highest BCUT2D eigenvalue weighted by atomic mass is 35.5. The van der Waals surface area contributed by atoms with Crippen LogP contribution in [0.4, 0.5) is 0 Å². The first-order valence-electron chi connectivity index (χ1n) is 23.0. The van der Waals surface area contributed by atoms with Crippen LogP contribution in [-0.2, 0) is 78.5 Å². The van der Waals surface area contributed by atoms with E-state index in [0.29, 0.717) is 13.1 Å². The third-order valence-corrected chi connectivity index (χ3v) is 13.4. The van der Waals surface area contributed by atoms with Crippen LogP contribution in [0.2, 0.25) is 30.9 Å². The average Bonchev–Trinajstić information content (AvgIpc) is 4.13. The Balaban J connectivity index is 0.809. The van der Waals surface area contributed by atoms with Crippen LogP contribution in [0.3, 0.4) is 0 Å². The Bertz CT molecular complexity index is 2140. The summed E-state index contributed by atoms with van der Waals surface area (Å²) in [5.41, 5.74) is 11.3. The number of nitrogens with zero attached hydrogens (tertiary/aromatic N) is 12. The van der Waals surface area contributed by atoms with Gasteiger partial charge in [0, 0.05) is 0 Å². The maximum atomic E-state index is 6.64. The van der Waals surface area contributed by atoms with Gasteiger partial charge in [0.25, 0.3) is 0 Å². The molecule has 64 heavy (non-hydrogen) atoms. The van der Waals surface area contributed by atoms with Gasteiger partial charge < -0.3 is 11.5 Å². The molecule has 0 fully saturated rings. The maximum Gasteiger partial charge on any atom is 0.244 e. The van der Waals surface area contributed by atoms with E-state index in [-0.39, 0.29) is 0 Å². The maximum absolute atomic E-state index is 6.64. The van der Waals surface area contributed by atoms with Gasteiger partial charge in [-0.05, 0) is 160 Å². The van der Waals surface area contributed by atoms with Gasteiger partial charge in [0.05, 0.1) is 78.5 Å². The van der Waals surface area contributed by atoms with Gasteiger partial charge in [-0.3, -0.25) is 0 Å². The van der Waals surface area contributed by atoms with Crippen molar-refractivity contribution < 1.29 is 27.4 Å². The summed E-state index contributed by atoms with van der Waals surface area (Å²) >= 11 is 39.2. The number of nitrogens with two attached hydrogens (primary N) is 2. The van der Waals surface area contributed by atoms with Crippen molar-refractivity contribution in [3.8, 4) is 0 Å². The average molecular weight is 1010 g/mol. The quantitative estimate of drug-likeness (QED) is 0.0398. The van der Waals surface area contributed by atoms with Crippen molar-refractivity contribution in [1.82, 2.24) is 27.4 Å². The number of aromatic nitrogens is 12. The summed E-state index contributed by atoms with van der Waals surface area (Å²) in [6.07, 6.45) is 36.9. The molecule has 6 rings (SSSR count). The number of imidazole rings is 6. The molecular formula is C44H68Cl6N14+6. The third-order valence-electron chi connectivity index (χ3n) is 11.6. The first kappa shape index (κ1) is 50.3. The van der Waals surface area contributed by atoms with E-state index in [9.17, 15) is 0 Å². The molecule has 4 N–H and O–H groups in total. The lowest BCUT2D eigenvalue weighted by molar-refractivity contribution is -0.707. The smallest absolute Gasteiger partial charge is 0.244 e. The van der Waals surface area contributed by atoms with Crippen LogP contribution in [0.25, 0.3) is 0 Å². The molecule has 0 saturated heterocycles. The Morgan fingerprint density at radius 3 is 0.641 bits per heavy atom. The van der Waals surface area contributed by atoms with Gasteiger partial charge >= 0.3 is 0 Å². The molecule has 0 aliphatic rings. The lowest BCUT2D eigenvalue weighted by Gasteiger charge is -1.99. The number of halogens is 6. The van der Waals surface area contributed by atoms with Gasteiger partial charge in [-0.2, -0.15) is 0 Å². The third kappa shape index (κ3) is 15.8. The Morgan fingerprint density at radius 2 is 0.453 bits per heavy atom. The predicted octanol–water partition coefficient (Wildman–Crippen LogP) is 6.24. The van der Waals surface area contributed by atoms with E-state index in [1.165, 1.54) is 0 Å². The van der Waals surface area contributed by atoms with Crippen LogP contribution in [0.1, 0.15) is 77.0 Å². The summed E-state index contributed by atoms with van der Waals surface area (Å²) in [6.45, 7) is 12.0. The first-order valence-corrected chi connectivity index (χ1v) is 25.2. The van der Waals surface area contributed by atoms with E-state index in [1.807, 2.05) is 37.2 Å². The zero-order valence-electron chi connectivity index (χ0n) is 37.1. The molecule has 0 bridgehead atoms. The number of aryl methyl sites for hydroxylation is 12. The zero-order valence-corrected chi connectivity index (χ0v) is 41.6. The second-order valence-electron chi connectivity index (χ2n) is 16.8. The van der Waals surface area contributed by atoms with E-state index in [4.69, 9.17) is 81.1 Å². The predicted molar refractivity (Wildman–Crippen MR) is 251 cm³/mol. The molecule has 0 amide bonds. The highest BCUT2D eigenvalue weighted by Crippen LogP contribution is 2.14. The standard InChI is InChI=1S/C44H68Cl6N14/c45-39-27-53(33-59(39)21-7-3-17-55-29-41(47)61(35-55)23-9-5-19-57-31-43(49)63(37-57)25-11-13-51)15-1-2-16-54-28-40(46)60(34-54)22-8-4-18-56-30-42(48)62(36-56)24-10-6-20-58-32-44(50)64(38-58)26-12-14-52/h27-38H,1-26,51-52H2/q+6. The number of rotatable bonds is 31. The van der Waals surface area contributed by atoms with Gasteiger partial charge in [0.15, 0.2) is 0 Å². The molecule has 6 aromatic heterocycles. The van der Waals surface area contributed by atoms with Crippen molar-refractivity contribution >= 4 is 69.6 Å². The summed E-state index contributed by atoms with van der Waals surface area (Å²) in [4.78, 5) is 0. The number of hydrogen-bond acceptors (Lipinski definition) is 2. The Morgan fingerprint density at radius 1 is 0.281 bits per heavy atom. The summed E-state index contributed by atoms with van der Waals surface area (Å²) in [7, 11) is 0. The molecule has 6 heterocycles. The highest BCUT2D eigenvalue weighted by Gasteiger charge is 2.18. The van der Waals surface area contributed by atoms with Crippen LogP contribution in [0.5, 0.6) is 0 Å². The van der Waals surface area contributed by atoms with Crippen LogP contribution in [-0.4, -0.2) is 40.5 Å². The fourth-order valence-corrected chi connectivity index (χ4v) is 9.53. The number of unbranched alkanes of at least 4 members (excludes halogenated alkanes) is 5. The zero-order chi connectivity index (χ0) is 45.3. The minimum Gasteiger partial charge on any atom is -0.330 e. The lowest BCUT2D eigenvalue weighted by atomic mass is 10.3. The fourth-order valence-electron chi connectivity index (χ4n) is 8.01. The second kappa shape index (κ2) is 26.3. The van der Waals surface area contributed by atoms with E-state index in [2.05, 4.69) is 92.8 Å². The Hall–Kier alpha value is -3.08. The van der Waals surface area contributed by atoms with Crippen LogP contribution < -0.4 is 38.9 Å². The largest absolute Gasteiger partial charge is 0.330 e. The number of hydrogen-bond donors (Lipinski definition) is 2. The van der Waals surface area contributed by atoms with Crippen LogP contribution in [0, 0.1) is 0 Å². The van der Waals surface area contributed by atoms with Crippen molar-refractivity contribution in [3.63, 3.8) is 0 Å². The molecule has 350 valence electrons. The lowest BCUT2D eigenvalue weighted by Crippen LogP contribution is -2.34. The Labute approximate surface area is 408 Å². The van der Waals surface area contributed by atoms with Crippen molar-refractivity contribution in [2.24, 2.45) is 11.5 Å². The molecule has 0 radical (unpaired) electrons. The molecule has 6 aromatic rings. The van der Waals surface area contributed by atoms with Crippen LogP contribution in [0.15, 0.2) is 75.1 Å². The van der Waals surface area contributed by atoms with Gasteiger partial charge in [0.2, 0.25) is 68.9 Å². The molecule has 20 heteroatoms. The van der Waals surface area contributed by atoms with E-state index >= 15 is 0 Å². The van der Waals surface area contributed by atoms with Gasteiger partial charge in [-0.15, -0.1) is 0 Å². The monoisotopic (exact) mass is 1000 g/mol. The summed E-state index contributed by atoms with van der Waals surface area (Å²) in [6, 6.07) is 0. The van der Waals surface area contributed by atoms with E-state index < -0.39 is 0 Å². The van der Waals surface area contributed by atoms with E-state index in [0.717, 1.165) is 187 Å². The van der Waals surface area contributed by atoms with Gasteiger partial charge in [-0.25, -0.2) is 54.8 Å². The van der Waals surface area contributed by atoms with Crippen LogP contribution >= 0.6 is 69.6 Å². The molecule has 0 aromatic carbocycles. The van der Waals surface area contributed by atoms with E-state index in [1.54, 1.807) is 0 Å². The topological polar surface area (TPSA) is 105 Å². The molecule has 14 nitrogen and oxygen atoms in total. The molecule has 0 saturated carbocycles. The molecule has 0 unspecified atom stereocenters. The van der Waals surface area contributed by atoms with Crippen molar-refractivity contribution in [1.29, 1.82) is 0 Å². The fraction of sp³-hybridized carbons (Fsp3) is 0.591. The summed E-state index contributed by atoms with van der Waals surface area (Å²) in [5.74, 6) is 0. The molecule has 0 aliphatic heterocycles.